The van der Waals surface area contributed by atoms with E-state index < -0.39 is 0 Å². The molecule has 0 saturated carbocycles. The van der Waals surface area contributed by atoms with Crippen molar-refractivity contribution in [2.24, 2.45) is 10.9 Å². The SMILES string of the molecule is CCC(=O)N(CCN(C(=O)CC)C(C)CO)CC1CC(CC2C=NC(CC)O2)N(C)C1c1cccnc1. The summed E-state index contributed by atoms with van der Waals surface area (Å²) in [6.45, 7) is 8.98. The molecule has 0 bridgehead atoms. The fourth-order valence-corrected chi connectivity index (χ4v) is 5.70. The lowest BCUT2D eigenvalue weighted by Crippen LogP contribution is -2.47. The average Bonchev–Trinajstić information content (AvgIpc) is 3.51. The maximum atomic E-state index is 13.1. The van der Waals surface area contributed by atoms with E-state index in [0.717, 1.165) is 24.8 Å². The number of aliphatic hydroxyl groups excluding tert-OH is 1. The zero-order valence-corrected chi connectivity index (χ0v) is 23.1. The highest BCUT2D eigenvalue weighted by atomic mass is 16.5. The highest BCUT2D eigenvalue weighted by molar-refractivity contribution is 5.77. The maximum absolute atomic E-state index is 13.1. The summed E-state index contributed by atoms with van der Waals surface area (Å²) in [7, 11) is 2.16. The van der Waals surface area contributed by atoms with Crippen LogP contribution in [0.1, 0.15) is 71.4 Å². The molecule has 1 saturated heterocycles. The molecule has 9 nitrogen and oxygen atoms in total. The smallest absolute Gasteiger partial charge is 0.222 e. The molecule has 2 aliphatic heterocycles. The molecular formula is C28H45N5O4. The van der Waals surface area contributed by atoms with Gasteiger partial charge in [0.1, 0.15) is 6.23 Å². The predicted molar refractivity (Wildman–Crippen MR) is 144 cm³/mol. The van der Waals surface area contributed by atoms with Gasteiger partial charge in [-0.15, -0.1) is 0 Å². The largest absolute Gasteiger partial charge is 0.394 e. The fraction of sp³-hybridized carbons (Fsp3) is 0.714. The molecule has 37 heavy (non-hydrogen) atoms. The van der Waals surface area contributed by atoms with E-state index in [2.05, 4.69) is 34.9 Å². The number of ether oxygens (including phenoxy) is 1. The molecule has 0 aliphatic carbocycles. The first-order chi connectivity index (χ1) is 17.8. The summed E-state index contributed by atoms with van der Waals surface area (Å²) < 4.78 is 6.08. The lowest BCUT2D eigenvalue weighted by Gasteiger charge is -2.34. The van der Waals surface area contributed by atoms with E-state index in [4.69, 9.17) is 4.74 Å². The quantitative estimate of drug-likeness (QED) is 0.434. The van der Waals surface area contributed by atoms with Gasteiger partial charge in [0.2, 0.25) is 11.8 Å². The zero-order chi connectivity index (χ0) is 26.9. The Kier molecular flexibility index (Phi) is 11.0. The summed E-state index contributed by atoms with van der Waals surface area (Å²) in [4.78, 5) is 40.4. The average molecular weight is 516 g/mol. The molecule has 2 aliphatic rings. The number of hydrogen-bond acceptors (Lipinski definition) is 7. The zero-order valence-electron chi connectivity index (χ0n) is 23.1. The molecule has 1 aromatic rings. The van der Waals surface area contributed by atoms with Crippen LogP contribution in [0.15, 0.2) is 29.5 Å². The molecule has 206 valence electrons. The Morgan fingerprint density at radius 1 is 1.22 bits per heavy atom. The van der Waals surface area contributed by atoms with Crippen LogP contribution in [0.2, 0.25) is 0 Å². The number of carbonyl (C=O) groups excluding carboxylic acids is 2. The topological polar surface area (TPSA) is 98.6 Å². The summed E-state index contributed by atoms with van der Waals surface area (Å²) in [5.74, 6) is 0.275. The molecule has 9 heteroatoms. The number of aromatic nitrogens is 1. The summed E-state index contributed by atoms with van der Waals surface area (Å²) in [5, 5.41) is 9.66. The second kappa shape index (κ2) is 14.0. The van der Waals surface area contributed by atoms with E-state index >= 15 is 0 Å². The third-order valence-electron chi connectivity index (χ3n) is 7.81. The Morgan fingerprint density at radius 3 is 2.57 bits per heavy atom. The van der Waals surface area contributed by atoms with Crippen molar-refractivity contribution in [3.63, 3.8) is 0 Å². The van der Waals surface area contributed by atoms with Crippen molar-refractivity contribution in [2.45, 2.75) is 90.3 Å². The normalized spacial score (nSPS) is 26.4. The molecule has 1 aromatic heterocycles. The van der Waals surface area contributed by atoms with Gasteiger partial charge in [0.15, 0.2) is 0 Å². The lowest BCUT2D eigenvalue weighted by molar-refractivity contribution is -0.137. The van der Waals surface area contributed by atoms with E-state index in [1.165, 1.54) is 0 Å². The summed E-state index contributed by atoms with van der Waals surface area (Å²) in [6.07, 6.45) is 9.05. The van der Waals surface area contributed by atoms with E-state index in [9.17, 15) is 14.7 Å². The Morgan fingerprint density at radius 2 is 1.97 bits per heavy atom. The van der Waals surface area contributed by atoms with Crippen molar-refractivity contribution < 1.29 is 19.4 Å². The first-order valence-corrected chi connectivity index (χ1v) is 13.8. The van der Waals surface area contributed by atoms with Gasteiger partial charge in [-0.2, -0.15) is 0 Å². The van der Waals surface area contributed by atoms with Crippen LogP contribution in [-0.4, -0.2) is 101 Å². The predicted octanol–water partition coefficient (Wildman–Crippen LogP) is 2.90. The van der Waals surface area contributed by atoms with Gasteiger partial charge < -0.3 is 19.6 Å². The minimum atomic E-state index is -0.281. The first-order valence-electron chi connectivity index (χ1n) is 13.8. The van der Waals surface area contributed by atoms with Crippen molar-refractivity contribution >= 4 is 18.0 Å². The van der Waals surface area contributed by atoms with Crippen molar-refractivity contribution in [3.05, 3.63) is 30.1 Å². The van der Waals surface area contributed by atoms with Gasteiger partial charge in [-0.1, -0.05) is 26.8 Å². The molecule has 0 spiro atoms. The molecule has 0 aromatic carbocycles. The van der Waals surface area contributed by atoms with Gasteiger partial charge in [0.05, 0.1) is 18.8 Å². The van der Waals surface area contributed by atoms with Gasteiger partial charge >= 0.3 is 0 Å². The number of carbonyl (C=O) groups is 2. The lowest BCUT2D eigenvalue weighted by atomic mass is 9.92. The summed E-state index contributed by atoms with van der Waals surface area (Å²) >= 11 is 0. The van der Waals surface area contributed by atoms with Crippen LogP contribution in [0.3, 0.4) is 0 Å². The number of nitrogens with zero attached hydrogens (tertiary/aromatic N) is 5. The second-order valence-corrected chi connectivity index (χ2v) is 10.3. The van der Waals surface area contributed by atoms with Gasteiger partial charge in [-0.05, 0) is 50.8 Å². The van der Waals surface area contributed by atoms with Crippen molar-refractivity contribution in [3.8, 4) is 0 Å². The monoisotopic (exact) mass is 515 g/mol. The summed E-state index contributed by atoms with van der Waals surface area (Å²) in [5.41, 5.74) is 1.14. The van der Waals surface area contributed by atoms with Crippen LogP contribution in [0, 0.1) is 5.92 Å². The van der Waals surface area contributed by atoms with Crippen LogP contribution < -0.4 is 0 Å². The molecule has 0 radical (unpaired) electrons. The Balaban J connectivity index is 1.78. The Hall–Kier alpha value is -2.36. The molecule has 6 atom stereocenters. The fourth-order valence-electron chi connectivity index (χ4n) is 5.70. The van der Waals surface area contributed by atoms with E-state index in [1.54, 1.807) is 11.1 Å². The Labute approximate surface area is 221 Å². The molecule has 6 unspecified atom stereocenters. The number of aliphatic hydroxyl groups is 1. The highest BCUT2D eigenvalue weighted by Crippen LogP contribution is 2.42. The van der Waals surface area contributed by atoms with Crippen LogP contribution in [-0.2, 0) is 14.3 Å². The number of amides is 2. The van der Waals surface area contributed by atoms with Gasteiger partial charge in [0.25, 0.3) is 0 Å². The number of pyridine rings is 1. The molecule has 1 N–H and O–H groups in total. The number of likely N-dealkylation sites (tertiary alicyclic amines) is 1. The molecule has 3 rings (SSSR count). The van der Waals surface area contributed by atoms with Crippen LogP contribution in [0.25, 0.3) is 0 Å². The third kappa shape index (κ3) is 7.36. The third-order valence-corrected chi connectivity index (χ3v) is 7.81. The van der Waals surface area contributed by atoms with E-state index in [-0.39, 0.29) is 54.8 Å². The van der Waals surface area contributed by atoms with E-state index in [1.807, 2.05) is 44.1 Å². The standard InChI is InChI=1S/C28H45N5O4/c1-6-25-30-17-24(37-25)15-23-14-22(28(31(23)5)21-10-9-11-29-16-21)18-32(26(35)7-2)12-13-33(20(4)19-34)27(36)8-3/h9-11,16-17,20,22-25,28,34H,6-8,12-15,18-19H2,1-5H3. The number of hydrogen-bond donors (Lipinski definition) is 1. The minimum absolute atomic E-state index is 0.00709. The van der Waals surface area contributed by atoms with Crippen LogP contribution in [0.4, 0.5) is 0 Å². The van der Waals surface area contributed by atoms with Gasteiger partial charge in [-0.3, -0.25) is 24.5 Å². The van der Waals surface area contributed by atoms with Crippen LogP contribution >= 0.6 is 0 Å². The van der Waals surface area contributed by atoms with E-state index in [0.29, 0.717) is 32.5 Å². The van der Waals surface area contributed by atoms with Crippen molar-refractivity contribution in [2.75, 3.05) is 33.3 Å². The molecular weight excluding hydrogens is 470 g/mol. The molecule has 3 heterocycles. The number of aliphatic imine (C=N–C) groups is 1. The molecule has 2 amide bonds. The van der Waals surface area contributed by atoms with Crippen LogP contribution in [0.5, 0.6) is 0 Å². The van der Waals surface area contributed by atoms with Crippen molar-refractivity contribution in [1.82, 2.24) is 19.7 Å². The van der Waals surface area contributed by atoms with Crippen molar-refractivity contribution in [1.29, 1.82) is 0 Å². The highest BCUT2D eigenvalue weighted by Gasteiger charge is 2.42. The maximum Gasteiger partial charge on any atom is 0.222 e. The summed E-state index contributed by atoms with van der Waals surface area (Å²) in [6, 6.07) is 4.20. The molecule has 1 fully saturated rings. The second-order valence-electron chi connectivity index (χ2n) is 10.3. The van der Waals surface area contributed by atoms with Gasteiger partial charge in [-0.25, -0.2) is 0 Å². The number of rotatable bonds is 13. The first kappa shape index (κ1) is 29.2. The van der Waals surface area contributed by atoms with Gasteiger partial charge in [0, 0.05) is 63.2 Å². The Bertz CT molecular complexity index is 898. The minimum Gasteiger partial charge on any atom is -0.394 e.